The molecular weight excluding hydrogens is 484 g/mol. The summed E-state index contributed by atoms with van der Waals surface area (Å²) >= 11 is 5.97. The monoisotopic (exact) mass is 508 g/mol. The predicted octanol–water partition coefficient (Wildman–Crippen LogP) is 2.95. The maximum atomic E-state index is 12.9. The molecule has 0 spiro atoms. The maximum Gasteiger partial charge on any atom is 0.354 e. The van der Waals surface area contributed by atoms with Gasteiger partial charge in [0.05, 0.1) is 6.54 Å². The van der Waals surface area contributed by atoms with Gasteiger partial charge in [0.1, 0.15) is 17.7 Å². The van der Waals surface area contributed by atoms with Crippen LogP contribution in [0.25, 0.3) is 0 Å². The average Bonchev–Trinajstić information content (AvgIpc) is 2.83. The van der Waals surface area contributed by atoms with Gasteiger partial charge in [-0.1, -0.05) is 36.7 Å². The van der Waals surface area contributed by atoms with Crippen LogP contribution in [0.1, 0.15) is 19.4 Å². The number of carbonyl (C=O) groups is 1. The molecule has 1 aliphatic rings. The predicted molar refractivity (Wildman–Crippen MR) is 137 cm³/mol. The van der Waals surface area contributed by atoms with Crippen LogP contribution in [0.5, 0.6) is 5.75 Å². The Bertz CT molecular complexity index is 1460. The lowest BCUT2D eigenvalue weighted by Crippen LogP contribution is -2.41. The molecule has 1 aromatic carbocycles. The van der Waals surface area contributed by atoms with Crippen molar-refractivity contribution < 1.29 is 9.53 Å². The molecule has 3 aromatic rings. The topological polar surface area (TPSA) is 120 Å². The molecule has 2 aromatic heterocycles. The summed E-state index contributed by atoms with van der Waals surface area (Å²) in [5.74, 6) is 0.821. The molecule has 36 heavy (non-hydrogen) atoms. The van der Waals surface area contributed by atoms with Crippen molar-refractivity contribution in [3.05, 3.63) is 98.1 Å². The number of rotatable bonds is 7. The van der Waals surface area contributed by atoms with Crippen LogP contribution in [0.4, 0.5) is 11.8 Å². The Morgan fingerprint density at radius 3 is 2.64 bits per heavy atom. The van der Waals surface area contributed by atoms with Gasteiger partial charge in [-0.2, -0.15) is 4.98 Å². The number of nitrogens with zero attached hydrogens (tertiary/aromatic N) is 4. The molecular formula is C25H25ClN6O4. The second-order valence-electron chi connectivity index (χ2n) is 8.38. The van der Waals surface area contributed by atoms with Gasteiger partial charge < -0.3 is 15.4 Å². The number of amides is 1. The molecule has 0 saturated carbocycles. The van der Waals surface area contributed by atoms with E-state index in [4.69, 9.17) is 16.3 Å². The van der Waals surface area contributed by atoms with Crippen LogP contribution in [-0.4, -0.2) is 31.1 Å². The second kappa shape index (κ2) is 10.6. The fourth-order valence-corrected chi connectivity index (χ4v) is 3.77. The minimum absolute atomic E-state index is 0.0575. The number of hydrogen-bond acceptors (Lipinski definition) is 7. The van der Waals surface area contributed by atoms with Crippen LogP contribution in [-0.2, 0) is 18.4 Å². The Balaban J connectivity index is 1.53. The first-order valence-electron chi connectivity index (χ1n) is 11.2. The zero-order valence-electron chi connectivity index (χ0n) is 19.9. The van der Waals surface area contributed by atoms with Crippen molar-refractivity contribution in [3.8, 4) is 5.75 Å². The number of carbonyl (C=O) groups excluding carboxylic acids is 1. The lowest BCUT2D eigenvalue weighted by Gasteiger charge is -2.25. The lowest BCUT2D eigenvalue weighted by molar-refractivity contribution is -0.114. The van der Waals surface area contributed by atoms with E-state index in [-0.39, 0.29) is 30.4 Å². The minimum Gasteiger partial charge on any atom is -0.486 e. The van der Waals surface area contributed by atoms with Crippen molar-refractivity contribution in [1.82, 2.24) is 19.1 Å². The van der Waals surface area contributed by atoms with Gasteiger partial charge in [0.15, 0.2) is 0 Å². The van der Waals surface area contributed by atoms with Crippen LogP contribution in [0.2, 0.25) is 5.02 Å². The van der Waals surface area contributed by atoms with E-state index in [1.54, 1.807) is 36.5 Å². The van der Waals surface area contributed by atoms with Crippen LogP contribution < -0.4 is 26.7 Å². The second-order valence-corrected chi connectivity index (χ2v) is 8.81. The Hall–Kier alpha value is -4.18. The number of allylic oxidation sites excluding steroid dienone is 1. The Morgan fingerprint density at radius 2 is 1.94 bits per heavy atom. The van der Waals surface area contributed by atoms with Crippen molar-refractivity contribution in [2.45, 2.75) is 26.5 Å². The van der Waals surface area contributed by atoms with E-state index in [9.17, 15) is 14.4 Å². The van der Waals surface area contributed by atoms with Gasteiger partial charge in [-0.05, 0) is 35.9 Å². The Labute approximate surface area is 211 Å². The third-order valence-corrected chi connectivity index (χ3v) is 5.76. The number of aromatic nitrogens is 4. The van der Waals surface area contributed by atoms with Crippen molar-refractivity contribution in [1.29, 1.82) is 0 Å². The molecule has 0 aliphatic heterocycles. The van der Waals surface area contributed by atoms with E-state index in [0.29, 0.717) is 22.3 Å². The van der Waals surface area contributed by atoms with Crippen LogP contribution in [0, 0.1) is 5.92 Å². The van der Waals surface area contributed by atoms with Gasteiger partial charge in [-0.3, -0.25) is 9.36 Å². The van der Waals surface area contributed by atoms with Gasteiger partial charge in [0.25, 0.3) is 0 Å². The highest BCUT2D eigenvalue weighted by Crippen LogP contribution is 2.24. The number of nitrogens with one attached hydrogen (secondary N) is 2. The van der Waals surface area contributed by atoms with Gasteiger partial charge in [-0.25, -0.2) is 19.1 Å². The summed E-state index contributed by atoms with van der Waals surface area (Å²) in [5.41, 5.74) is 0.351. The summed E-state index contributed by atoms with van der Waals surface area (Å²) in [4.78, 5) is 44.6. The molecule has 0 radical (unpaired) electrons. The molecule has 10 nitrogen and oxygen atoms in total. The highest BCUT2D eigenvalue weighted by Gasteiger charge is 2.20. The summed E-state index contributed by atoms with van der Waals surface area (Å²) < 4.78 is 8.43. The maximum absolute atomic E-state index is 12.9. The van der Waals surface area contributed by atoms with Crippen LogP contribution in [0.15, 0.2) is 76.1 Å². The molecule has 186 valence electrons. The molecule has 2 N–H and O–H groups in total. The van der Waals surface area contributed by atoms with E-state index in [2.05, 4.69) is 20.6 Å². The number of ether oxygens (including phenoxy) is 1. The fourth-order valence-electron chi connectivity index (χ4n) is 3.65. The quantitative estimate of drug-likeness (QED) is 0.503. The third kappa shape index (κ3) is 5.89. The zero-order valence-corrected chi connectivity index (χ0v) is 20.7. The first-order chi connectivity index (χ1) is 17.2. The van der Waals surface area contributed by atoms with E-state index >= 15 is 0 Å². The average molecular weight is 509 g/mol. The molecule has 0 saturated heterocycles. The molecule has 0 fully saturated rings. The van der Waals surface area contributed by atoms with E-state index < -0.39 is 11.4 Å². The van der Waals surface area contributed by atoms with Crippen molar-refractivity contribution in [2.24, 2.45) is 13.0 Å². The summed E-state index contributed by atoms with van der Waals surface area (Å²) in [6, 6.07) is 10.5. The number of hydrogen-bond donors (Lipinski definition) is 2. The molecule has 1 amide bonds. The molecule has 2 unspecified atom stereocenters. The van der Waals surface area contributed by atoms with E-state index in [0.717, 1.165) is 10.1 Å². The fraction of sp³-hybridized carbons (Fsp3) is 0.240. The van der Waals surface area contributed by atoms with Crippen LogP contribution in [0.3, 0.4) is 0 Å². The normalized spacial score (nSPS) is 16.8. The van der Waals surface area contributed by atoms with E-state index in [1.165, 1.54) is 18.5 Å². The lowest BCUT2D eigenvalue weighted by atomic mass is 9.98. The molecule has 0 bridgehead atoms. The molecule has 2 atom stereocenters. The summed E-state index contributed by atoms with van der Waals surface area (Å²) in [5, 5.41) is 6.32. The number of anilines is 2. The SMILES string of the molecule is CC(=O)Nc1cc(OC2C=CC(Nc3nc(=O)n(C)c(=O)n3Cc3ccc(Cl)cc3)=CC2C)ccn1. The van der Waals surface area contributed by atoms with Gasteiger partial charge in [-0.15, -0.1) is 0 Å². The first-order valence-corrected chi connectivity index (χ1v) is 11.6. The highest BCUT2D eigenvalue weighted by atomic mass is 35.5. The summed E-state index contributed by atoms with van der Waals surface area (Å²) in [7, 11) is 1.39. The number of halogens is 1. The number of benzene rings is 1. The number of pyridine rings is 1. The summed E-state index contributed by atoms with van der Waals surface area (Å²) in [6.45, 7) is 3.59. The minimum atomic E-state index is -0.655. The van der Waals surface area contributed by atoms with Crippen molar-refractivity contribution >= 4 is 29.3 Å². The Morgan fingerprint density at radius 1 is 1.19 bits per heavy atom. The zero-order chi connectivity index (χ0) is 25.8. The standard InChI is InChI=1S/C25H25ClN6O4/c1-15-12-19(8-9-21(15)36-20-10-11-27-22(13-20)28-16(2)33)29-23-30-24(34)31(3)25(35)32(23)14-17-4-6-18(26)7-5-17/h4-13,15,21H,14H2,1-3H3,(H,27,28,33)(H,29,30,34). The molecule has 1 aliphatic carbocycles. The smallest absolute Gasteiger partial charge is 0.354 e. The van der Waals surface area contributed by atoms with Gasteiger partial charge >= 0.3 is 11.4 Å². The molecule has 4 rings (SSSR count). The van der Waals surface area contributed by atoms with Gasteiger partial charge in [0, 0.05) is 42.9 Å². The van der Waals surface area contributed by atoms with E-state index in [1.807, 2.05) is 31.2 Å². The first kappa shape index (κ1) is 24.9. The van der Waals surface area contributed by atoms with Crippen molar-refractivity contribution in [3.63, 3.8) is 0 Å². The largest absolute Gasteiger partial charge is 0.486 e. The Kier molecular flexibility index (Phi) is 7.35. The third-order valence-electron chi connectivity index (χ3n) is 5.51. The van der Waals surface area contributed by atoms with Crippen LogP contribution >= 0.6 is 11.6 Å². The molecule has 2 heterocycles. The van der Waals surface area contributed by atoms with Gasteiger partial charge in [0.2, 0.25) is 11.9 Å². The van der Waals surface area contributed by atoms with Crippen molar-refractivity contribution in [2.75, 3.05) is 10.6 Å². The molecule has 11 heteroatoms. The highest BCUT2D eigenvalue weighted by molar-refractivity contribution is 6.30. The summed E-state index contributed by atoms with van der Waals surface area (Å²) in [6.07, 6.45) is 6.88.